The summed E-state index contributed by atoms with van der Waals surface area (Å²) in [5.41, 5.74) is 5.42. The molecule has 0 aromatic heterocycles. The van der Waals surface area contributed by atoms with Crippen LogP contribution in [0.3, 0.4) is 0 Å². The van der Waals surface area contributed by atoms with Gasteiger partial charge in [0.15, 0.2) is 0 Å². The fourth-order valence-electron chi connectivity index (χ4n) is 1.03. The summed E-state index contributed by atoms with van der Waals surface area (Å²) in [5.74, 6) is 0. The molecule has 1 atom stereocenters. The molecule has 0 saturated heterocycles. The summed E-state index contributed by atoms with van der Waals surface area (Å²) in [7, 11) is -0.189. The number of rotatable bonds is 6. The van der Waals surface area contributed by atoms with Crippen molar-refractivity contribution in [1.29, 1.82) is 0 Å². The fourth-order valence-corrected chi connectivity index (χ4v) is 2.42. The fraction of sp³-hybridized carbons (Fsp3) is 1.00. The Balaban J connectivity index is 4.61. The Hall–Kier alpha value is -0.170. The van der Waals surface area contributed by atoms with E-state index in [9.17, 15) is 8.42 Å². The molecule has 0 aromatic carbocycles. The van der Waals surface area contributed by atoms with Crippen molar-refractivity contribution in [3.05, 3.63) is 0 Å². The van der Waals surface area contributed by atoms with Crippen LogP contribution in [0.1, 0.15) is 20.3 Å². The first-order valence-corrected chi connectivity index (χ1v) is 6.17. The third kappa shape index (κ3) is 3.20. The number of nitrogens with two attached hydrogens (primary N) is 1. The zero-order valence-electron chi connectivity index (χ0n) is 9.40. The summed E-state index contributed by atoms with van der Waals surface area (Å²) in [6.45, 7) is 4.59. The van der Waals surface area contributed by atoms with Gasteiger partial charge in [0.05, 0.1) is 0 Å². The smallest absolute Gasteiger partial charge is 0.281 e. The maximum Gasteiger partial charge on any atom is 0.281 e. The van der Waals surface area contributed by atoms with E-state index in [2.05, 4.69) is 0 Å². The Morgan fingerprint density at radius 1 is 1.36 bits per heavy atom. The summed E-state index contributed by atoms with van der Waals surface area (Å²) >= 11 is 0. The van der Waals surface area contributed by atoms with Crippen molar-refractivity contribution < 1.29 is 8.42 Å². The Kier molecular flexibility index (Phi) is 5.58. The number of hydrogen-bond acceptors (Lipinski definition) is 3. The van der Waals surface area contributed by atoms with Gasteiger partial charge < -0.3 is 5.73 Å². The van der Waals surface area contributed by atoms with E-state index in [0.717, 1.165) is 6.42 Å². The van der Waals surface area contributed by atoms with Crippen LogP contribution in [0.4, 0.5) is 0 Å². The van der Waals surface area contributed by atoms with Crippen LogP contribution in [-0.2, 0) is 10.2 Å². The highest BCUT2D eigenvalue weighted by atomic mass is 32.2. The standard InChI is InChI=1S/C8H21N3O2S/c1-5-6-10(3)14(12,13)11(4)8(2)7-9/h8H,5-7,9H2,1-4H3. The van der Waals surface area contributed by atoms with Crippen molar-refractivity contribution >= 4 is 10.2 Å². The lowest BCUT2D eigenvalue weighted by Gasteiger charge is -2.27. The first-order valence-electron chi connectivity index (χ1n) is 4.77. The molecule has 0 bridgehead atoms. The molecule has 14 heavy (non-hydrogen) atoms. The average molecular weight is 223 g/mol. The lowest BCUT2D eigenvalue weighted by molar-refractivity contribution is 0.348. The molecule has 0 radical (unpaired) electrons. The van der Waals surface area contributed by atoms with E-state index in [4.69, 9.17) is 5.73 Å². The Morgan fingerprint density at radius 3 is 2.21 bits per heavy atom. The third-order valence-corrected chi connectivity index (χ3v) is 4.32. The molecule has 1 unspecified atom stereocenters. The Morgan fingerprint density at radius 2 is 1.86 bits per heavy atom. The molecule has 6 heteroatoms. The number of hydrogen-bond donors (Lipinski definition) is 1. The van der Waals surface area contributed by atoms with Gasteiger partial charge in [-0.1, -0.05) is 6.92 Å². The van der Waals surface area contributed by atoms with E-state index >= 15 is 0 Å². The van der Waals surface area contributed by atoms with Crippen LogP contribution >= 0.6 is 0 Å². The van der Waals surface area contributed by atoms with Gasteiger partial charge in [0.25, 0.3) is 10.2 Å². The zero-order chi connectivity index (χ0) is 11.4. The molecule has 0 rings (SSSR count). The zero-order valence-corrected chi connectivity index (χ0v) is 10.2. The van der Waals surface area contributed by atoms with E-state index in [-0.39, 0.29) is 6.04 Å². The molecule has 0 aliphatic carbocycles. The quantitative estimate of drug-likeness (QED) is 0.681. The van der Waals surface area contributed by atoms with Gasteiger partial charge >= 0.3 is 0 Å². The van der Waals surface area contributed by atoms with Gasteiger partial charge in [-0.05, 0) is 13.3 Å². The van der Waals surface area contributed by atoms with Crippen LogP contribution in [0.2, 0.25) is 0 Å². The molecule has 86 valence electrons. The molecule has 0 aliphatic heterocycles. The van der Waals surface area contributed by atoms with Crippen LogP contribution in [0.5, 0.6) is 0 Å². The minimum absolute atomic E-state index is 0.167. The highest BCUT2D eigenvalue weighted by Gasteiger charge is 2.26. The molecule has 0 amide bonds. The van der Waals surface area contributed by atoms with Crippen molar-refractivity contribution in [2.24, 2.45) is 5.73 Å². The highest BCUT2D eigenvalue weighted by Crippen LogP contribution is 2.07. The van der Waals surface area contributed by atoms with Crippen molar-refractivity contribution in [3.8, 4) is 0 Å². The highest BCUT2D eigenvalue weighted by molar-refractivity contribution is 7.86. The third-order valence-electron chi connectivity index (χ3n) is 2.26. The van der Waals surface area contributed by atoms with Crippen molar-refractivity contribution in [1.82, 2.24) is 8.61 Å². The lowest BCUT2D eigenvalue weighted by atomic mass is 10.4. The van der Waals surface area contributed by atoms with Gasteiger partial charge in [-0.2, -0.15) is 17.0 Å². The summed E-state index contributed by atoms with van der Waals surface area (Å²) < 4.78 is 26.3. The van der Waals surface area contributed by atoms with Crippen molar-refractivity contribution in [3.63, 3.8) is 0 Å². The molecular weight excluding hydrogens is 202 g/mol. The van der Waals surface area contributed by atoms with Gasteiger partial charge in [-0.3, -0.25) is 0 Å². The van der Waals surface area contributed by atoms with Gasteiger partial charge in [0.2, 0.25) is 0 Å². The molecule has 2 N–H and O–H groups in total. The predicted octanol–water partition coefficient (Wildman–Crippen LogP) is -0.148. The van der Waals surface area contributed by atoms with Crippen molar-refractivity contribution in [2.75, 3.05) is 27.2 Å². The first kappa shape index (κ1) is 13.8. The minimum atomic E-state index is -3.33. The molecule has 0 fully saturated rings. The molecular formula is C8H21N3O2S. The largest absolute Gasteiger partial charge is 0.329 e. The normalized spacial score (nSPS) is 15.1. The van der Waals surface area contributed by atoms with Gasteiger partial charge in [0, 0.05) is 33.2 Å². The van der Waals surface area contributed by atoms with Crippen LogP contribution < -0.4 is 5.73 Å². The minimum Gasteiger partial charge on any atom is -0.329 e. The maximum atomic E-state index is 11.8. The second kappa shape index (κ2) is 5.65. The summed E-state index contributed by atoms with van der Waals surface area (Å²) in [5, 5.41) is 0. The Labute approximate surface area is 87.0 Å². The molecule has 0 aliphatic rings. The van der Waals surface area contributed by atoms with Gasteiger partial charge in [-0.15, -0.1) is 0 Å². The van der Waals surface area contributed by atoms with Crippen molar-refractivity contribution in [2.45, 2.75) is 26.3 Å². The monoisotopic (exact) mass is 223 g/mol. The van der Waals surface area contributed by atoms with Gasteiger partial charge in [-0.25, -0.2) is 0 Å². The van der Waals surface area contributed by atoms with Crippen LogP contribution in [0.25, 0.3) is 0 Å². The molecule has 0 spiro atoms. The van der Waals surface area contributed by atoms with E-state index in [1.165, 1.54) is 8.61 Å². The van der Waals surface area contributed by atoms with Gasteiger partial charge in [0.1, 0.15) is 0 Å². The predicted molar refractivity (Wildman–Crippen MR) is 58.1 cm³/mol. The second-order valence-electron chi connectivity index (χ2n) is 3.43. The lowest BCUT2D eigenvalue weighted by Crippen LogP contribution is -2.46. The molecule has 0 saturated carbocycles. The van der Waals surface area contributed by atoms with E-state index in [1.54, 1.807) is 21.0 Å². The molecule has 0 heterocycles. The SMILES string of the molecule is CCCN(C)S(=O)(=O)N(C)C(C)CN. The second-order valence-corrected chi connectivity index (χ2v) is 5.53. The van der Waals surface area contributed by atoms with Crippen LogP contribution in [0.15, 0.2) is 0 Å². The topological polar surface area (TPSA) is 66.6 Å². The first-order chi connectivity index (χ1) is 6.37. The maximum absolute atomic E-state index is 11.8. The number of likely N-dealkylation sites (N-methyl/N-ethyl adjacent to an activating group) is 1. The van der Waals surface area contributed by atoms with E-state index < -0.39 is 10.2 Å². The molecule has 0 aromatic rings. The summed E-state index contributed by atoms with van der Waals surface area (Å²) in [6, 6.07) is -0.167. The average Bonchev–Trinajstić information content (AvgIpc) is 2.15. The molecule has 5 nitrogen and oxygen atoms in total. The van der Waals surface area contributed by atoms with E-state index in [0.29, 0.717) is 13.1 Å². The van der Waals surface area contributed by atoms with E-state index in [1.807, 2.05) is 6.92 Å². The summed E-state index contributed by atoms with van der Waals surface area (Å²) in [6.07, 6.45) is 0.806. The van der Waals surface area contributed by atoms with Crippen LogP contribution in [-0.4, -0.2) is 50.3 Å². The number of nitrogens with zero attached hydrogens (tertiary/aromatic N) is 2. The Bertz CT molecular complexity index is 253. The summed E-state index contributed by atoms with van der Waals surface area (Å²) in [4.78, 5) is 0. The van der Waals surface area contributed by atoms with Crippen LogP contribution in [0, 0.1) is 0 Å².